The van der Waals surface area contributed by atoms with Crippen molar-refractivity contribution < 1.29 is 24.2 Å². The van der Waals surface area contributed by atoms with Crippen LogP contribution >= 0.6 is 11.8 Å². The molecule has 5 nitrogen and oxygen atoms in total. The molecule has 1 unspecified atom stereocenters. The van der Waals surface area contributed by atoms with Crippen LogP contribution in [-0.4, -0.2) is 24.3 Å². The Morgan fingerprint density at radius 2 is 1.33 bits per heavy atom. The Bertz CT molecular complexity index is 1460. The molecular formula is C36H42O5SSi. The summed E-state index contributed by atoms with van der Waals surface area (Å²) in [7, 11) is -2.14. The van der Waals surface area contributed by atoms with Crippen LogP contribution in [0.2, 0.25) is 16.6 Å². The second-order valence-electron chi connectivity index (χ2n) is 11.8. The molecule has 0 fully saturated rings. The maximum atomic E-state index is 13.9. The van der Waals surface area contributed by atoms with E-state index in [0.717, 1.165) is 16.9 Å². The minimum atomic E-state index is -2.14. The number of phenols is 2. The molecule has 0 aromatic heterocycles. The van der Waals surface area contributed by atoms with Crippen LogP contribution in [0, 0.1) is 0 Å². The Morgan fingerprint density at radius 1 is 0.744 bits per heavy atom. The number of ether oxygens (including phenoxy) is 1. The first-order chi connectivity index (χ1) is 20.5. The average molecular weight is 615 g/mol. The van der Waals surface area contributed by atoms with E-state index in [1.165, 1.54) is 23.9 Å². The normalized spacial score (nSPS) is 12.5. The summed E-state index contributed by atoms with van der Waals surface area (Å²) in [6.07, 6.45) is 0. The molecule has 43 heavy (non-hydrogen) atoms. The van der Waals surface area contributed by atoms with E-state index in [4.69, 9.17) is 9.16 Å². The van der Waals surface area contributed by atoms with Gasteiger partial charge in [0.25, 0.3) is 8.32 Å². The lowest BCUT2D eigenvalue weighted by atomic mass is 10.0. The number of hydrogen-bond acceptors (Lipinski definition) is 6. The van der Waals surface area contributed by atoms with Gasteiger partial charge in [-0.25, -0.2) is 0 Å². The van der Waals surface area contributed by atoms with Gasteiger partial charge in [0.15, 0.2) is 5.78 Å². The zero-order valence-corrected chi connectivity index (χ0v) is 27.6. The van der Waals surface area contributed by atoms with Gasteiger partial charge in [-0.3, -0.25) is 4.79 Å². The molecule has 0 aliphatic heterocycles. The molecule has 7 heteroatoms. The van der Waals surface area contributed by atoms with Crippen molar-refractivity contribution >= 4 is 25.9 Å². The van der Waals surface area contributed by atoms with Crippen LogP contribution in [0.5, 0.6) is 23.0 Å². The average Bonchev–Trinajstić information content (AvgIpc) is 2.99. The topological polar surface area (TPSA) is 76.0 Å². The molecule has 2 N–H and O–H groups in total. The number of phenolic OH excluding ortho intramolecular Hbond substituents is 2. The van der Waals surface area contributed by atoms with E-state index in [2.05, 4.69) is 41.5 Å². The SMILES string of the molecule is CC(C)[Si](Oc1ccc(C(Sc2cc(OCc3ccccc3)ccc2O)C(=O)c2ccc(O)cc2)cc1)(C(C)C)C(C)C. The van der Waals surface area contributed by atoms with Crippen molar-refractivity contribution in [3.8, 4) is 23.0 Å². The maximum absolute atomic E-state index is 13.9. The molecule has 0 radical (unpaired) electrons. The summed E-state index contributed by atoms with van der Waals surface area (Å²) in [6.45, 7) is 13.9. The smallest absolute Gasteiger partial charge is 0.258 e. The van der Waals surface area contributed by atoms with Crippen molar-refractivity contribution in [2.24, 2.45) is 0 Å². The molecule has 0 amide bonds. The minimum Gasteiger partial charge on any atom is -0.543 e. The molecule has 0 aliphatic rings. The number of rotatable bonds is 13. The third-order valence-electron chi connectivity index (χ3n) is 8.00. The summed E-state index contributed by atoms with van der Waals surface area (Å²) in [5.41, 5.74) is 3.60. The Balaban J connectivity index is 1.65. The van der Waals surface area contributed by atoms with Crippen molar-refractivity contribution in [1.29, 1.82) is 0 Å². The molecule has 226 valence electrons. The first-order valence-corrected chi connectivity index (χ1v) is 17.8. The van der Waals surface area contributed by atoms with Crippen LogP contribution < -0.4 is 9.16 Å². The lowest BCUT2D eigenvalue weighted by Gasteiger charge is -2.42. The molecule has 4 aromatic carbocycles. The fraction of sp³-hybridized carbons (Fsp3) is 0.306. The van der Waals surface area contributed by atoms with Gasteiger partial charge in [0.2, 0.25) is 0 Å². The monoisotopic (exact) mass is 614 g/mol. The van der Waals surface area contributed by atoms with Crippen LogP contribution in [0.3, 0.4) is 0 Å². The van der Waals surface area contributed by atoms with E-state index in [-0.39, 0.29) is 17.3 Å². The highest BCUT2D eigenvalue weighted by Crippen LogP contribution is 2.45. The molecule has 0 aliphatic carbocycles. The fourth-order valence-electron chi connectivity index (χ4n) is 5.86. The van der Waals surface area contributed by atoms with E-state index in [1.54, 1.807) is 30.3 Å². The highest BCUT2D eigenvalue weighted by Gasteiger charge is 2.47. The van der Waals surface area contributed by atoms with Gasteiger partial charge in [0, 0.05) is 5.56 Å². The predicted molar refractivity (Wildman–Crippen MR) is 178 cm³/mol. The molecular weight excluding hydrogens is 573 g/mol. The van der Waals surface area contributed by atoms with E-state index < -0.39 is 13.6 Å². The number of benzene rings is 4. The zero-order chi connectivity index (χ0) is 31.1. The quantitative estimate of drug-likeness (QED) is 0.0887. The van der Waals surface area contributed by atoms with Crippen LogP contribution in [0.25, 0.3) is 0 Å². The maximum Gasteiger partial charge on any atom is 0.258 e. The Morgan fingerprint density at radius 3 is 1.91 bits per heavy atom. The van der Waals surface area contributed by atoms with Gasteiger partial charge in [0.1, 0.15) is 29.6 Å². The van der Waals surface area contributed by atoms with Gasteiger partial charge in [0.05, 0.1) is 10.1 Å². The second kappa shape index (κ2) is 14.2. The number of aromatic hydroxyl groups is 2. The fourth-order valence-corrected chi connectivity index (χ4v) is 12.3. The van der Waals surface area contributed by atoms with Gasteiger partial charge in [-0.15, -0.1) is 11.8 Å². The van der Waals surface area contributed by atoms with Crippen LogP contribution in [0.15, 0.2) is 102 Å². The van der Waals surface area contributed by atoms with Gasteiger partial charge in [-0.1, -0.05) is 84.0 Å². The molecule has 0 spiro atoms. The summed E-state index contributed by atoms with van der Waals surface area (Å²) in [6, 6.07) is 29.0. The van der Waals surface area contributed by atoms with Crippen molar-refractivity contribution in [1.82, 2.24) is 0 Å². The highest BCUT2D eigenvalue weighted by molar-refractivity contribution is 8.00. The van der Waals surface area contributed by atoms with Crippen molar-refractivity contribution in [3.05, 3.63) is 114 Å². The third-order valence-corrected chi connectivity index (χ3v) is 15.3. The van der Waals surface area contributed by atoms with Crippen molar-refractivity contribution in [2.75, 3.05) is 0 Å². The molecule has 4 rings (SSSR count). The Kier molecular flexibility index (Phi) is 10.6. The van der Waals surface area contributed by atoms with Crippen LogP contribution in [0.4, 0.5) is 0 Å². The lowest BCUT2D eigenvalue weighted by molar-refractivity contribution is 0.0989. The zero-order valence-electron chi connectivity index (χ0n) is 25.8. The van der Waals surface area contributed by atoms with Gasteiger partial charge < -0.3 is 19.4 Å². The van der Waals surface area contributed by atoms with E-state index in [9.17, 15) is 15.0 Å². The molecule has 1 atom stereocenters. The number of ketones is 1. The summed E-state index contributed by atoms with van der Waals surface area (Å²) < 4.78 is 12.9. The molecule has 0 saturated heterocycles. The largest absolute Gasteiger partial charge is 0.543 e. The number of hydrogen-bond donors (Lipinski definition) is 2. The van der Waals surface area contributed by atoms with E-state index in [0.29, 0.717) is 39.4 Å². The standard InChI is InChI=1S/C36H42O5SSi/c1-24(2)43(25(3)4,26(5)6)41-31-18-14-29(15-19-31)36(35(39)28-12-16-30(37)17-13-28)42-34-22-32(20-21-33(34)38)40-23-27-10-8-7-9-11-27/h7-22,24-26,36-38H,23H2,1-6H3. The van der Waals surface area contributed by atoms with Crippen LogP contribution in [-0.2, 0) is 6.61 Å². The summed E-state index contributed by atoms with van der Waals surface area (Å²) in [4.78, 5) is 14.4. The highest BCUT2D eigenvalue weighted by atomic mass is 32.2. The second-order valence-corrected chi connectivity index (χ2v) is 18.3. The first-order valence-electron chi connectivity index (χ1n) is 14.8. The number of thioether (sulfide) groups is 1. The molecule has 0 bridgehead atoms. The predicted octanol–water partition coefficient (Wildman–Crippen LogP) is 9.95. The van der Waals surface area contributed by atoms with E-state index in [1.807, 2.05) is 54.6 Å². The van der Waals surface area contributed by atoms with E-state index >= 15 is 0 Å². The summed E-state index contributed by atoms with van der Waals surface area (Å²) >= 11 is 1.27. The van der Waals surface area contributed by atoms with Crippen molar-refractivity contribution in [3.63, 3.8) is 0 Å². The minimum absolute atomic E-state index is 0.0714. The van der Waals surface area contributed by atoms with Gasteiger partial charge in [-0.2, -0.15) is 0 Å². The molecule has 0 heterocycles. The Labute approximate surface area is 261 Å². The third kappa shape index (κ3) is 7.64. The number of Topliss-reactive ketones (excluding diaryl/α,β-unsaturated/α-hetero) is 1. The van der Waals surface area contributed by atoms with Crippen LogP contribution in [0.1, 0.15) is 68.3 Å². The molecule has 0 saturated carbocycles. The van der Waals surface area contributed by atoms with Crippen molar-refractivity contribution in [2.45, 2.75) is 74.9 Å². The number of carbonyl (C=O) groups is 1. The summed E-state index contributed by atoms with van der Waals surface area (Å²) in [5.74, 6) is 1.44. The van der Waals surface area contributed by atoms with Gasteiger partial charge >= 0.3 is 0 Å². The molecule has 4 aromatic rings. The number of carbonyl (C=O) groups excluding carboxylic acids is 1. The first kappa shape index (κ1) is 32.2. The summed E-state index contributed by atoms with van der Waals surface area (Å²) in [5, 5.41) is 19.9. The Hall–Kier alpha value is -3.68. The van der Waals surface area contributed by atoms with Gasteiger partial charge in [-0.05, 0) is 82.3 Å². The lowest BCUT2D eigenvalue weighted by Crippen LogP contribution is -2.50.